The Bertz CT molecular complexity index is 170. The van der Waals surface area contributed by atoms with Crippen molar-refractivity contribution in [2.45, 2.75) is 37.9 Å². The first-order valence-electron chi connectivity index (χ1n) is 5.06. The highest BCUT2D eigenvalue weighted by Crippen LogP contribution is 2.31. The predicted molar refractivity (Wildman–Crippen MR) is 48.9 cm³/mol. The van der Waals surface area contributed by atoms with Crippen LogP contribution in [0.2, 0.25) is 0 Å². The second-order valence-corrected chi connectivity index (χ2v) is 3.73. The highest BCUT2D eigenvalue weighted by molar-refractivity contribution is 4.82. The third-order valence-electron chi connectivity index (χ3n) is 2.64. The molecule has 1 aliphatic heterocycles. The molecule has 1 unspecified atom stereocenters. The van der Waals surface area contributed by atoms with Crippen LogP contribution in [-0.2, 0) is 0 Å². The van der Waals surface area contributed by atoms with Crippen LogP contribution in [0.5, 0.6) is 0 Å². The number of halogens is 3. The van der Waals surface area contributed by atoms with Gasteiger partial charge < -0.3 is 5.73 Å². The molecule has 2 nitrogen and oxygen atoms in total. The van der Waals surface area contributed by atoms with Gasteiger partial charge in [0.05, 0.1) is 0 Å². The Morgan fingerprint density at radius 3 is 2.57 bits per heavy atom. The fourth-order valence-corrected chi connectivity index (χ4v) is 1.92. The van der Waals surface area contributed by atoms with E-state index in [1.165, 1.54) is 4.90 Å². The van der Waals surface area contributed by atoms with Gasteiger partial charge in [0.15, 0.2) is 0 Å². The number of nitrogens with two attached hydrogens (primary N) is 1. The summed E-state index contributed by atoms with van der Waals surface area (Å²) in [4.78, 5) is 1.52. The summed E-state index contributed by atoms with van der Waals surface area (Å²) < 4.78 is 37.6. The number of piperidine rings is 1. The largest absolute Gasteiger partial charge is 0.404 e. The summed E-state index contributed by atoms with van der Waals surface area (Å²) in [6.07, 6.45) is -1.63. The number of hydrogen-bond donors (Lipinski definition) is 1. The molecule has 0 bridgehead atoms. The lowest BCUT2D eigenvalue weighted by Gasteiger charge is -2.36. The van der Waals surface area contributed by atoms with Crippen LogP contribution in [0.15, 0.2) is 0 Å². The lowest BCUT2D eigenvalue weighted by Crippen LogP contribution is -2.49. The summed E-state index contributed by atoms with van der Waals surface area (Å²) >= 11 is 0. The molecule has 5 heteroatoms. The minimum absolute atomic E-state index is 0.244. The molecule has 1 fully saturated rings. The van der Waals surface area contributed by atoms with Gasteiger partial charge in [-0.1, -0.05) is 6.42 Å². The topological polar surface area (TPSA) is 29.3 Å². The van der Waals surface area contributed by atoms with E-state index >= 15 is 0 Å². The first-order chi connectivity index (χ1) is 6.55. The Balaban J connectivity index is 2.50. The maximum atomic E-state index is 12.5. The summed E-state index contributed by atoms with van der Waals surface area (Å²) in [6, 6.07) is -1.23. The molecule has 0 aromatic rings. The molecular formula is C9H17F3N2. The van der Waals surface area contributed by atoms with Gasteiger partial charge in [0, 0.05) is 0 Å². The van der Waals surface area contributed by atoms with E-state index in [0.29, 0.717) is 32.5 Å². The van der Waals surface area contributed by atoms with Crippen molar-refractivity contribution < 1.29 is 13.2 Å². The molecular weight excluding hydrogens is 193 g/mol. The summed E-state index contributed by atoms with van der Waals surface area (Å²) in [5, 5.41) is 0. The van der Waals surface area contributed by atoms with Crippen molar-refractivity contribution in [3.05, 3.63) is 0 Å². The first-order valence-corrected chi connectivity index (χ1v) is 5.06. The molecule has 0 radical (unpaired) electrons. The minimum Gasteiger partial charge on any atom is -0.330 e. The lowest BCUT2D eigenvalue weighted by molar-refractivity contribution is -0.191. The van der Waals surface area contributed by atoms with Gasteiger partial charge in [-0.05, 0) is 38.9 Å². The zero-order valence-electron chi connectivity index (χ0n) is 8.19. The highest BCUT2D eigenvalue weighted by Gasteiger charge is 2.43. The smallest absolute Gasteiger partial charge is 0.330 e. The molecule has 1 rings (SSSR count). The maximum Gasteiger partial charge on any atom is 0.404 e. The van der Waals surface area contributed by atoms with E-state index in [2.05, 4.69) is 0 Å². The number of alkyl halides is 3. The Morgan fingerprint density at radius 2 is 2.00 bits per heavy atom. The quantitative estimate of drug-likeness (QED) is 0.769. The van der Waals surface area contributed by atoms with Crippen LogP contribution in [0.25, 0.3) is 0 Å². The molecule has 1 atom stereocenters. The van der Waals surface area contributed by atoms with E-state index in [1.54, 1.807) is 0 Å². The maximum absolute atomic E-state index is 12.5. The monoisotopic (exact) mass is 210 g/mol. The van der Waals surface area contributed by atoms with Crippen molar-refractivity contribution in [2.24, 2.45) is 5.73 Å². The van der Waals surface area contributed by atoms with Gasteiger partial charge in [-0.25, -0.2) is 0 Å². The van der Waals surface area contributed by atoms with Crippen LogP contribution in [0.3, 0.4) is 0 Å². The van der Waals surface area contributed by atoms with E-state index in [0.717, 1.165) is 6.42 Å². The molecule has 1 heterocycles. The van der Waals surface area contributed by atoms with Gasteiger partial charge in [-0.3, -0.25) is 4.90 Å². The normalized spacial score (nSPS) is 25.3. The number of likely N-dealkylation sites (tertiary alicyclic amines) is 1. The SMILES string of the molecule is NCCCN1CCCCC1C(F)(F)F. The van der Waals surface area contributed by atoms with Crippen molar-refractivity contribution in [3.63, 3.8) is 0 Å². The van der Waals surface area contributed by atoms with Crippen molar-refractivity contribution in [1.82, 2.24) is 4.90 Å². The Hall–Kier alpha value is -0.290. The van der Waals surface area contributed by atoms with Crippen LogP contribution < -0.4 is 5.73 Å². The molecule has 0 saturated carbocycles. The molecule has 1 saturated heterocycles. The second-order valence-electron chi connectivity index (χ2n) is 3.73. The second kappa shape index (κ2) is 4.98. The van der Waals surface area contributed by atoms with Crippen LogP contribution in [0, 0.1) is 0 Å². The number of nitrogens with zero attached hydrogens (tertiary/aromatic N) is 1. The van der Waals surface area contributed by atoms with Gasteiger partial charge in [0.2, 0.25) is 0 Å². The number of rotatable bonds is 3. The van der Waals surface area contributed by atoms with Gasteiger partial charge in [-0.2, -0.15) is 13.2 Å². The molecule has 2 N–H and O–H groups in total. The molecule has 1 aliphatic rings. The molecule has 0 aromatic heterocycles. The molecule has 14 heavy (non-hydrogen) atoms. The van der Waals surface area contributed by atoms with E-state index < -0.39 is 12.2 Å². The van der Waals surface area contributed by atoms with Gasteiger partial charge in [0.1, 0.15) is 6.04 Å². The van der Waals surface area contributed by atoms with E-state index in [4.69, 9.17) is 5.73 Å². The summed E-state index contributed by atoms with van der Waals surface area (Å²) in [6.45, 7) is 1.49. The minimum atomic E-state index is -4.07. The standard InChI is InChI=1S/C9H17F3N2/c10-9(11,12)8-4-1-2-6-14(8)7-3-5-13/h8H,1-7,13H2. The third kappa shape index (κ3) is 3.13. The van der Waals surface area contributed by atoms with Gasteiger partial charge in [0.25, 0.3) is 0 Å². The molecule has 0 amide bonds. The van der Waals surface area contributed by atoms with Crippen LogP contribution >= 0.6 is 0 Å². The zero-order valence-corrected chi connectivity index (χ0v) is 8.19. The van der Waals surface area contributed by atoms with Crippen LogP contribution in [0.1, 0.15) is 25.7 Å². The molecule has 0 spiro atoms. The van der Waals surface area contributed by atoms with Crippen molar-refractivity contribution in [3.8, 4) is 0 Å². The molecule has 0 aliphatic carbocycles. The van der Waals surface area contributed by atoms with Gasteiger partial charge >= 0.3 is 6.18 Å². The average molecular weight is 210 g/mol. The van der Waals surface area contributed by atoms with Gasteiger partial charge in [-0.15, -0.1) is 0 Å². The van der Waals surface area contributed by atoms with Crippen molar-refractivity contribution in [2.75, 3.05) is 19.6 Å². The summed E-state index contributed by atoms with van der Waals surface area (Å²) in [5.74, 6) is 0. The molecule has 0 aromatic carbocycles. The summed E-state index contributed by atoms with van der Waals surface area (Å²) in [5.41, 5.74) is 5.29. The van der Waals surface area contributed by atoms with Crippen molar-refractivity contribution >= 4 is 0 Å². The number of hydrogen-bond acceptors (Lipinski definition) is 2. The van der Waals surface area contributed by atoms with Crippen molar-refractivity contribution in [1.29, 1.82) is 0 Å². The fourth-order valence-electron chi connectivity index (χ4n) is 1.92. The van der Waals surface area contributed by atoms with Crippen LogP contribution in [0.4, 0.5) is 13.2 Å². The lowest BCUT2D eigenvalue weighted by atomic mass is 10.0. The van der Waals surface area contributed by atoms with E-state index in [9.17, 15) is 13.2 Å². The Labute approximate surface area is 82.2 Å². The van der Waals surface area contributed by atoms with E-state index in [1.807, 2.05) is 0 Å². The summed E-state index contributed by atoms with van der Waals surface area (Å²) in [7, 11) is 0. The third-order valence-corrected chi connectivity index (χ3v) is 2.64. The predicted octanol–water partition coefficient (Wildman–Crippen LogP) is 1.75. The fraction of sp³-hybridized carbons (Fsp3) is 1.00. The Kier molecular flexibility index (Phi) is 4.19. The van der Waals surface area contributed by atoms with Crippen LogP contribution in [-0.4, -0.2) is 36.8 Å². The molecule has 84 valence electrons. The van der Waals surface area contributed by atoms with E-state index in [-0.39, 0.29) is 6.42 Å². The Morgan fingerprint density at radius 1 is 1.29 bits per heavy atom. The average Bonchev–Trinajstić information content (AvgIpc) is 2.14. The highest BCUT2D eigenvalue weighted by atomic mass is 19.4. The zero-order chi connectivity index (χ0) is 10.6. The first kappa shape index (κ1) is 11.8.